The van der Waals surface area contributed by atoms with Crippen molar-refractivity contribution in [1.82, 2.24) is 15.4 Å². The molecule has 168 valence electrons. The van der Waals surface area contributed by atoms with Gasteiger partial charge in [-0.2, -0.15) is 0 Å². The topological polar surface area (TPSA) is 119 Å². The SMILES string of the molecule is CCOc1ccc(NC(=O)CSc2nnc(NC(=O)c3cc(-c4ccccc4)on3)s2)cc1. The zero-order valence-electron chi connectivity index (χ0n) is 17.5. The molecule has 0 unspecified atom stereocenters. The Morgan fingerprint density at radius 3 is 2.61 bits per heavy atom. The molecule has 2 N–H and O–H groups in total. The highest BCUT2D eigenvalue weighted by molar-refractivity contribution is 8.01. The van der Waals surface area contributed by atoms with Gasteiger partial charge < -0.3 is 14.6 Å². The van der Waals surface area contributed by atoms with Gasteiger partial charge >= 0.3 is 0 Å². The number of thioether (sulfide) groups is 1. The summed E-state index contributed by atoms with van der Waals surface area (Å²) in [5.41, 5.74) is 1.63. The number of hydrogen-bond acceptors (Lipinski definition) is 9. The number of anilines is 2. The molecule has 0 atom stereocenters. The number of ether oxygens (including phenoxy) is 1. The molecule has 0 bridgehead atoms. The monoisotopic (exact) mass is 481 g/mol. The van der Waals surface area contributed by atoms with Crippen LogP contribution in [0.2, 0.25) is 0 Å². The molecule has 9 nitrogen and oxygen atoms in total. The number of carbonyl (C=O) groups is 2. The summed E-state index contributed by atoms with van der Waals surface area (Å²) in [7, 11) is 0. The minimum atomic E-state index is -0.457. The first kappa shape index (κ1) is 22.5. The van der Waals surface area contributed by atoms with Gasteiger partial charge in [0.25, 0.3) is 5.91 Å². The number of amides is 2. The average Bonchev–Trinajstić information content (AvgIpc) is 3.50. The molecule has 2 aromatic heterocycles. The highest BCUT2D eigenvalue weighted by Gasteiger charge is 2.16. The lowest BCUT2D eigenvalue weighted by Crippen LogP contribution is -2.13. The van der Waals surface area contributed by atoms with Crippen LogP contribution in [0.3, 0.4) is 0 Å². The largest absolute Gasteiger partial charge is 0.494 e. The molecule has 33 heavy (non-hydrogen) atoms. The minimum absolute atomic E-state index is 0.132. The van der Waals surface area contributed by atoms with Crippen LogP contribution in [0.5, 0.6) is 5.75 Å². The maximum absolute atomic E-state index is 12.4. The van der Waals surface area contributed by atoms with Crippen molar-refractivity contribution < 1.29 is 18.8 Å². The minimum Gasteiger partial charge on any atom is -0.494 e. The third-order valence-electron chi connectivity index (χ3n) is 4.20. The summed E-state index contributed by atoms with van der Waals surface area (Å²) < 4.78 is 11.2. The maximum Gasteiger partial charge on any atom is 0.279 e. The van der Waals surface area contributed by atoms with Crippen molar-refractivity contribution in [3.8, 4) is 17.1 Å². The molecule has 4 aromatic rings. The van der Waals surface area contributed by atoms with Gasteiger partial charge in [-0.15, -0.1) is 10.2 Å². The van der Waals surface area contributed by atoms with Crippen molar-refractivity contribution >= 4 is 45.7 Å². The van der Waals surface area contributed by atoms with Crippen LogP contribution >= 0.6 is 23.1 Å². The number of nitrogens with zero attached hydrogens (tertiary/aromatic N) is 3. The fourth-order valence-corrected chi connectivity index (χ4v) is 4.27. The zero-order valence-corrected chi connectivity index (χ0v) is 19.1. The standard InChI is InChI=1S/C22H19N5O4S2/c1-2-30-16-10-8-15(9-11-16)23-19(28)13-32-22-26-25-21(33-22)24-20(29)17-12-18(31-27-17)14-6-4-3-5-7-14/h3-12H,2,13H2,1H3,(H,23,28)(H,24,25,29). The molecule has 0 saturated carbocycles. The summed E-state index contributed by atoms with van der Waals surface area (Å²) in [5.74, 6) is 0.755. The number of nitrogens with one attached hydrogen (secondary N) is 2. The van der Waals surface area contributed by atoms with Gasteiger partial charge in [-0.1, -0.05) is 58.6 Å². The van der Waals surface area contributed by atoms with E-state index >= 15 is 0 Å². The fraction of sp³-hybridized carbons (Fsp3) is 0.136. The number of benzene rings is 2. The van der Waals surface area contributed by atoms with Gasteiger partial charge in [0.05, 0.1) is 12.4 Å². The van der Waals surface area contributed by atoms with Gasteiger partial charge in [0.1, 0.15) is 5.75 Å². The van der Waals surface area contributed by atoms with E-state index in [9.17, 15) is 9.59 Å². The van der Waals surface area contributed by atoms with E-state index in [0.29, 0.717) is 27.5 Å². The summed E-state index contributed by atoms with van der Waals surface area (Å²) in [4.78, 5) is 24.6. The molecule has 0 aliphatic carbocycles. The third-order valence-corrected chi connectivity index (χ3v) is 6.18. The van der Waals surface area contributed by atoms with E-state index in [2.05, 4.69) is 26.0 Å². The van der Waals surface area contributed by atoms with E-state index in [1.165, 1.54) is 23.1 Å². The molecule has 11 heteroatoms. The number of rotatable bonds is 9. The van der Waals surface area contributed by atoms with E-state index in [0.717, 1.165) is 11.3 Å². The molecule has 0 fully saturated rings. The first-order chi connectivity index (χ1) is 16.1. The molecule has 0 spiro atoms. The van der Waals surface area contributed by atoms with Crippen molar-refractivity contribution in [2.45, 2.75) is 11.3 Å². The highest BCUT2D eigenvalue weighted by atomic mass is 32.2. The Morgan fingerprint density at radius 1 is 1.06 bits per heavy atom. The zero-order chi connectivity index (χ0) is 23.0. The fourth-order valence-electron chi connectivity index (χ4n) is 2.73. The molecule has 0 aliphatic rings. The van der Waals surface area contributed by atoms with Crippen LogP contribution < -0.4 is 15.4 Å². The smallest absolute Gasteiger partial charge is 0.279 e. The Bertz CT molecular complexity index is 1230. The van der Waals surface area contributed by atoms with Gasteiger partial charge in [-0.05, 0) is 31.2 Å². The maximum atomic E-state index is 12.4. The van der Waals surface area contributed by atoms with Gasteiger partial charge in [0.2, 0.25) is 11.0 Å². The molecule has 2 amide bonds. The van der Waals surface area contributed by atoms with Crippen LogP contribution in [0.1, 0.15) is 17.4 Å². The Hall–Kier alpha value is -3.70. The first-order valence-corrected chi connectivity index (χ1v) is 11.7. The quantitative estimate of drug-likeness (QED) is 0.263. The Balaban J connectivity index is 1.27. The first-order valence-electron chi connectivity index (χ1n) is 9.93. The van der Waals surface area contributed by atoms with Gasteiger partial charge in [-0.3, -0.25) is 14.9 Å². The van der Waals surface area contributed by atoms with Gasteiger partial charge in [0, 0.05) is 17.3 Å². The predicted molar refractivity (Wildman–Crippen MR) is 127 cm³/mol. The van der Waals surface area contributed by atoms with Crippen LogP contribution in [0, 0.1) is 0 Å². The van der Waals surface area contributed by atoms with E-state index in [1.807, 2.05) is 37.3 Å². The summed E-state index contributed by atoms with van der Waals surface area (Å²) in [6.45, 7) is 2.49. The normalized spacial score (nSPS) is 10.6. The van der Waals surface area contributed by atoms with Crippen molar-refractivity contribution in [2.75, 3.05) is 23.0 Å². The summed E-state index contributed by atoms with van der Waals surface area (Å²) >= 11 is 2.40. The molecule has 0 saturated heterocycles. The van der Waals surface area contributed by atoms with E-state index < -0.39 is 5.91 Å². The van der Waals surface area contributed by atoms with E-state index in [-0.39, 0.29) is 17.4 Å². The second-order valence-corrected chi connectivity index (χ2v) is 8.76. The van der Waals surface area contributed by atoms with Crippen molar-refractivity contribution in [3.05, 3.63) is 66.4 Å². The van der Waals surface area contributed by atoms with Crippen molar-refractivity contribution in [2.24, 2.45) is 0 Å². The number of carbonyl (C=O) groups excluding carboxylic acids is 2. The Kier molecular flexibility index (Phi) is 7.33. The van der Waals surface area contributed by atoms with E-state index in [1.54, 1.807) is 30.3 Å². The summed E-state index contributed by atoms with van der Waals surface area (Å²) in [6.07, 6.45) is 0. The van der Waals surface area contributed by atoms with Crippen molar-refractivity contribution in [3.63, 3.8) is 0 Å². The lowest BCUT2D eigenvalue weighted by molar-refractivity contribution is -0.113. The number of aromatic nitrogens is 3. The van der Waals surface area contributed by atoms with Crippen LogP contribution in [0.25, 0.3) is 11.3 Å². The molecule has 0 aliphatic heterocycles. The Labute approximate surface area is 197 Å². The molecular weight excluding hydrogens is 462 g/mol. The molecule has 4 rings (SSSR count). The summed E-state index contributed by atoms with van der Waals surface area (Å²) in [5, 5.41) is 17.5. The number of hydrogen-bond donors (Lipinski definition) is 2. The third kappa shape index (κ3) is 6.18. The van der Waals surface area contributed by atoms with Crippen LogP contribution in [0.4, 0.5) is 10.8 Å². The molecule has 0 radical (unpaired) electrons. The van der Waals surface area contributed by atoms with Crippen molar-refractivity contribution in [1.29, 1.82) is 0 Å². The second kappa shape index (κ2) is 10.7. The highest BCUT2D eigenvalue weighted by Crippen LogP contribution is 2.26. The lowest BCUT2D eigenvalue weighted by Gasteiger charge is -2.06. The van der Waals surface area contributed by atoms with Crippen LogP contribution in [-0.4, -0.2) is 39.5 Å². The van der Waals surface area contributed by atoms with Crippen LogP contribution in [0.15, 0.2) is 69.5 Å². The molecular formula is C22H19N5O4S2. The molecule has 2 heterocycles. The predicted octanol–water partition coefficient (Wildman–Crippen LogP) is 4.57. The van der Waals surface area contributed by atoms with Gasteiger partial charge in [0.15, 0.2) is 15.8 Å². The van der Waals surface area contributed by atoms with Gasteiger partial charge in [-0.25, -0.2) is 0 Å². The lowest BCUT2D eigenvalue weighted by atomic mass is 10.1. The van der Waals surface area contributed by atoms with Crippen LogP contribution in [-0.2, 0) is 4.79 Å². The average molecular weight is 482 g/mol. The van der Waals surface area contributed by atoms with E-state index in [4.69, 9.17) is 9.26 Å². The Morgan fingerprint density at radius 2 is 1.85 bits per heavy atom. The summed E-state index contributed by atoms with van der Waals surface area (Å²) in [6, 6.07) is 18.1. The second-order valence-electron chi connectivity index (χ2n) is 6.56. The molecule has 2 aromatic carbocycles.